The lowest BCUT2D eigenvalue weighted by Crippen LogP contribution is -2.16. The van der Waals surface area contributed by atoms with E-state index in [4.69, 9.17) is 21.1 Å². The number of thiophene rings is 1. The van der Waals surface area contributed by atoms with Gasteiger partial charge in [-0.3, -0.25) is 4.79 Å². The number of ether oxygens (including phenoxy) is 2. The molecule has 8 heteroatoms. The quantitative estimate of drug-likeness (QED) is 0.225. The molecule has 0 aliphatic rings. The third kappa shape index (κ3) is 6.25. The number of hydrogen-bond donors (Lipinski definition) is 1. The lowest BCUT2D eigenvalue weighted by molar-refractivity contribution is -0.112. The molecule has 3 aromatic rings. The number of nitrogens with zero attached hydrogens (tertiary/aromatic N) is 1. The van der Waals surface area contributed by atoms with Gasteiger partial charge >= 0.3 is 5.97 Å². The monoisotopic (exact) mass is 494 g/mol. The fraction of sp³-hybridized carbons (Fsp3) is 0.192. The number of halogens is 1. The zero-order chi connectivity index (χ0) is 24.7. The molecular weight excluding hydrogens is 472 g/mol. The van der Waals surface area contributed by atoms with Crippen LogP contribution in [0.5, 0.6) is 5.75 Å². The highest BCUT2D eigenvalue weighted by molar-refractivity contribution is 7.16. The average Bonchev–Trinajstić information content (AvgIpc) is 3.10. The highest BCUT2D eigenvalue weighted by atomic mass is 35.5. The SMILES string of the molecule is CCOC(=O)c1c(NC(=O)/C(C#N)=C/c2ccc(OCc3ccc(Cl)cc3)cc2)sc(C)c1C. The van der Waals surface area contributed by atoms with Crippen molar-refractivity contribution in [3.8, 4) is 11.8 Å². The van der Waals surface area contributed by atoms with Crippen molar-refractivity contribution >= 4 is 45.9 Å². The van der Waals surface area contributed by atoms with Crippen LogP contribution < -0.4 is 10.1 Å². The molecule has 0 spiro atoms. The molecule has 1 amide bonds. The van der Waals surface area contributed by atoms with Gasteiger partial charge in [-0.25, -0.2) is 4.79 Å². The van der Waals surface area contributed by atoms with Gasteiger partial charge in [-0.1, -0.05) is 35.9 Å². The number of aryl methyl sites for hydroxylation is 1. The minimum absolute atomic E-state index is 0.0895. The Morgan fingerprint density at radius 2 is 1.79 bits per heavy atom. The molecule has 3 rings (SSSR count). The van der Waals surface area contributed by atoms with E-state index in [1.54, 1.807) is 50.2 Å². The standard InChI is InChI=1S/C26H23ClN2O4S/c1-4-32-26(31)23-16(2)17(3)34-25(23)29-24(30)20(14-28)13-18-7-11-22(12-8-18)33-15-19-5-9-21(27)10-6-19/h5-13H,4,15H2,1-3H3,(H,29,30)/b20-13+. The van der Waals surface area contributed by atoms with E-state index in [0.29, 0.717) is 33.5 Å². The van der Waals surface area contributed by atoms with Crippen LogP contribution in [0.3, 0.4) is 0 Å². The highest BCUT2D eigenvalue weighted by Crippen LogP contribution is 2.33. The maximum absolute atomic E-state index is 12.8. The number of nitriles is 1. The van der Waals surface area contributed by atoms with Crippen LogP contribution in [0.2, 0.25) is 5.02 Å². The molecule has 174 valence electrons. The van der Waals surface area contributed by atoms with E-state index in [1.165, 1.54) is 17.4 Å². The summed E-state index contributed by atoms with van der Waals surface area (Å²) in [6.07, 6.45) is 1.48. The van der Waals surface area contributed by atoms with Gasteiger partial charge in [-0.05, 0) is 67.8 Å². The largest absolute Gasteiger partial charge is 0.489 e. The number of esters is 1. The molecule has 1 N–H and O–H groups in total. The summed E-state index contributed by atoms with van der Waals surface area (Å²) in [6.45, 7) is 5.99. The number of nitrogens with one attached hydrogen (secondary N) is 1. The van der Waals surface area contributed by atoms with Crippen molar-refractivity contribution < 1.29 is 19.1 Å². The van der Waals surface area contributed by atoms with E-state index in [2.05, 4.69) is 5.32 Å². The summed E-state index contributed by atoms with van der Waals surface area (Å²) in [4.78, 5) is 26.0. The Hall–Kier alpha value is -3.60. The van der Waals surface area contributed by atoms with Crippen molar-refractivity contribution in [1.29, 1.82) is 5.26 Å². The Bertz CT molecular complexity index is 1260. The van der Waals surface area contributed by atoms with Crippen molar-refractivity contribution in [2.45, 2.75) is 27.4 Å². The van der Waals surface area contributed by atoms with Crippen molar-refractivity contribution in [3.63, 3.8) is 0 Å². The van der Waals surface area contributed by atoms with Crippen LogP contribution in [-0.4, -0.2) is 18.5 Å². The molecule has 0 atom stereocenters. The Kier molecular flexibility index (Phi) is 8.47. The second-order valence-electron chi connectivity index (χ2n) is 7.32. The molecule has 0 radical (unpaired) electrons. The zero-order valence-electron chi connectivity index (χ0n) is 19.0. The van der Waals surface area contributed by atoms with Crippen LogP contribution in [0.1, 0.15) is 38.8 Å². The Balaban J connectivity index is 1.71. The average molecular weight is 495 g/mol. The Morgan fingerprint density at radius 1 is 1.12 bits per heavy atom. The molecule has 0 aliphatic carbocycles. The number of benzene rings is 2. The molecular formula is C26H23ClN2O4S. The third-order valence-corrected chi connectivity index (χ3v) is 6.34. The first kappa shape index (κ1) is 25.0. The summed E-state index contributed by atoms with van der Waals surface area (Å²) in [6, 6.07) is 16.3. The molecule has 6 nitrogen and oxygen atoms in total. The van der Waals surface area contributed by atoms with E-state index < -0.39 is 11.9 Å². The predicted octanol–water partition coefficient (Wildman–Crippen LogP) is 6.32. The number of hydrogen-bond acceptors (Lipinski definition) is 6. The van der Waals surface area contributed by atoms with Gasteiger partial charge in [0.1, 0.15) is 29.0 Å². The Labute approximate surface area is 207 Å². The van der Waals surface area contributed by atoms with E-state index in [1.807, 2.05) is 25.1 Å². The van der Waals surface area contributed by atoms with Crippen LogP contribution in [0.4, 0.5) is 5.00 Å². The predicted molar refractivity (Wildman–Crippen MR) is 134 cm³/mol. The first-order chi connectivity index (χ1) is 16.3. The van der Waals surface area contributed by atoms with Gasteiger partial charge in [0, 0.05) is 9.90 Å². The van der Waals surface area contributed by atoms with Crippen molar-refractivity contribution in [2.24, 2.45) is 0 Å². The molecule has 0 saturated heterocycles. The van der Waals surface area contributed by atoms with Gasteiger partial charge in [0.25, 0.3) is 5.91 Å². The normalized spacial score (nSPS) is 11.0. The molecule has 1 aromatic heterocycles. The summed E-state index contributed by atoms with van der Waals surface area (Å²) < 4.78 is 10.9. The minimum atomic E-state index is -0.600. The van der Waals surface area contributed by atoms with E-state index in [9.17, 15) is 14.9 Å². The molecule has 0 bridgehead atoms. The van der Waals surface area contributed by atoms with Crippen molar-refractivity contribution in [3.05, 3.63) is 86.3 Å². The van der Waals surface area contributed by atoms with Crippen LogP contribution >= 0.6 is 22.9 Å². The molecule has 34 heavy (non-hydrogen) atoms. The second kappa shape index (κ2) is 11.5. The second-order valence-corrected chi connectivity index (χ2v) is 8.98. The first-order valence-corrected chi connectivity index (χ1v) is 11.7. The highest BCUT2D eigenvalue weighted by Gasteiger charge is 2.23. The van der Waals surface area contributed by atoms with E-state index >= 15 is 0 Å². The Morgan fingerprint density at radius 3 is 2.41 bits per heavy atom. The fourth-order valence-electron chi connectivity index (χ4n) is 3.06. The van der Waals surface area contributed by atoms with Gasteiger partial charge in [-0.15, -0.1) is 11.3 Å². The lowest BCUT2D eigenvalue weighted by Gasteiger charge is -2.08. The van der Waals surface area contributed by atoms with Gasteiger partial charge < -0.3 is 14.8 Å². The zero-order valence-corrected chi connectivity index (χ0v) is 20.5. The fourth-order valence-corrected chi connectivity index (χ4v) is 4.23. The van der Waals surface area contributed by atoms with Crippen molar-refractivity contribution in [1.82, 2.24) is 0 Å². The van der Waals surface area contributed by atoms with Gasteiger partial charge in [-0.2, -0.15) is 5.26 Å². The van der Waals surface area contributed by atoms with Crippen molar-refractivity contribution in [2.75, 3.05) is 11.9 Å². The lowest BCUT2D eigenvalue weighted by atomic mass is 10.1. The number of carbonyl (C=O) groups excluding carboxylic acids is 2. The van der Waals surface area contributed by atoms with E-state index in [0.717, 1.165) is 16.0 Å². The van der Waals surface area contributed by atoms with Crippen LogP contribution in [0, 0.1) is 25.2 Å². The number of rotatable bonds is 8. The molecule has 0 unspecified atom stereocenters. The molecule has 0 fully saturated rings. The van der Waals surface area contributed by atoms with Crippen LogP contribution in [0.15, 0.2) is 54.1 Å². The van der Waals surface area contributed by atoms with Crippen LogP contribution in [-0.2, 0) is 16.1 Å². The minimum Gasteiger partial charge on any atom is -0.489 e. The summed E-state index contributed by atoms with van der Waals surface area (Å²) in [5, 5.41) is 13.3. The third-order valence-electron chi connectivity index (χ3n) is 4.97. The molecule has 0 saturated carbocycles. The maximum Gasteiger partial charge on any atom is 0.341 e. The summed E-state index contributed by atoms with van der Waals surface area (Å²) >= 11 is 7.16. The van der Waals surface area contributed by atoms with Gasteiger partial charge in [0.2, 0.25) is 0 Å². The molecule has 1 heterocycles. The van der Waals surface area contributed by atoms with Crippen LogP contribution in [0.25, 0.3) is 6.08 Å². The first-order valence-electron chi connectivity index (χ1n) is 10.5. The maximum atomic E-state index is 12.8. The molecule has 2 aromatic carbocycles. The summed E-state index contributed by atoms with van der Waals surface area (Å²) in [5.74, 6) is -0.452. The number of amides is 1. The smallest absolute Gasteiger partial charge is 0.341 e. The van der Waals surface area contributed by atoms with E-state index in [-0.39, 0.29) is 12.2 Å². The number of carbonyl (C=O) groups is 2. The summed E-state index contributed by atoms with van der Waals surface area (Å²) in [7, 11) is 0. The summed E-state index contributed by atoms with van der Waals surface area (Å²) in [5.41, 5.74) is 2.62. The number of anilines is 1. The van der Waals surface area contributed by atoms with Gasteiger partial charge in [0.05, 0.1) is 12.2 Å². The topological polar surface area (TPSA) is 88.4 Å². The van der Waals surface area contributed by atoms with Gasteiger partial charge in [0.15, 0.2) is 0 Å². The molecule has 0 aliphatic heterocycles.